The van der Waals surface area contributed by atoms with E-state index in [0.29, 0.717) is 30.8 Å². The van der Waals surface area contributed by atoms with E-state index in [2.05, 4.69) is 5.32 Å². The average Bonchev–Trinajstić information content (AvgIpc) is 2.61. The lowest BCUT2D eigenvalue weighted by atomic mass is 10.0. The standard InChI is InChI=1S/C19H22N2O2/c1-3-21(4-2)19(23)17-12-8-9-15(18(17)14-22)13-20-16-10-6-5-7-11-16/h5-12,14,20H,3-4,13H2,1-2H3. The lowest BCUT2D eigenvalue weighted by molar-refractivity contribution is 0.0769. The minimum absolute atomic E-state index is 0.0985. The quantitative estimate of drug-likeness (QED) is 0.795. The number of nitrogens with zero attached hydrogens (tertiary/aromatic N) is 1. The normalized spacial score (nSPS) is 10.2. The Balaban J connectivity index is 2.26. The van der Waals surface area contributed by atoms with Crippen LogP contribution in [-0.2, 0) is 6.54 Å². The third kappa shape index (κ3) is 3.97. The fourth-order valence-electron chi connectivity index (χ4n) is 2.53. The van der Waals surface area contributed by atoms with Gasteiger partial charge in [0.05, 0.1) is 5.56 Å². The molecule has 4 heteroatoms. The summed E-state index contributed by atoms with van der Waals surface area (Å²) in [4.78, 5) is 25.8. The summed E-state index contributed by atoms with van der Waals surface area (Å²) >= 11 is 0. The van der Waals surface area contributed by atoms with Crippen molar-refractivity contribution in [3.8, 4) is 0 Å². The van der Waals surface area contributed by atoms with Crippen LogP contribution in [0.4, 0.5) is 5.69 Å². The first-order valence-corrected chi connectivity index (χ1v) is 7.86. The molecule has 0 aromatic heterocycles. The first kappa shape index (κ1) is 16.7. The van der Waals surface area contributed by atoms with Gasteiger partial charge >= 0.3 is 0 Å². The summed E-state index contributed by atoms with van der Waals surface area (Å²) in [5.41, 5.74) is 2.73. The monoisotopic (exact) mass is 310 g/mol. The maximum absolute atomic E-state index is 12.6. The van der Waals surface area contributed by atoms with Crippen molar-refractivity contribution in [1.82, 2.24) is 4.90 Å². The highest BCUT2D eigenvalue weighted by atomic mass is 16.2. The molecular formula is C19H22N2O2. The number of carbonyl (C=O) groups is 2. The molecule has 0 aliphatic carbocycles. The molecule has 1 N–H and O–H groups in total. The Labute approximate surface area is 137 Å². The van der Waals surface area contributed by atoms with Crippen molar-refractivity contribution >= 4 is 17.9 Å². The molecule has 120 valence electrons. The number of nitrogens with one attached hydrogen (secondary N) is 1. The van der Waals surface area contributed by atoms with Crippen LogP contribution in [0.2, 0.25) is 0 Å². The van der Waals surface area contributed by atoms with E-state index in [-0.39, 0.29) is 5.91 Å². The Kier molecular flexibility index (Phi) is 5.92. The van der Waals surface area contributed by atoms with Crippen molar-refractivity contribution < 1.29 is 9.59 Å². The Morgan fingerprint density at radius 1 is 1.04 bits per heavy atom. The number of amides is 1. The Hall–Kier alpha value is -2.62. The zero-order chi connectivity index (χ0) is 16.7. The first-order chi connectivity index (χ1) is 11.2. The molecule has 2 aromatic carbocycles. The van der Waals surface area contributed by atoms with Crippen LogP contribution in [0.3, 0.4) is 0 Å². The number of rotatable bonds is 7. The van der Waals surface area contributed by atoms with E-state index in [4.69, 9.17) is 0 Å². The van der Waals surface area contributed by atoms with Gasteiger partial charge in [0.2, 0.25) is 0 Å². The number of aldehydes is 1. The van der Waals surface area contributed by atoms with Crippen LogP contribution >= 0.6 is 0 Å². The van der Waals surface area contributed by atoms with Crippen molar-refractivity contribution in [1.29, 1.82) is 0 Å². The molecule has 1 amide bonds. The fourth-order valence-corrected chi connectivity index (χ4v) is 2.53. The third-order valence-electron chi connectivity index (χ3n) is 3.85. The first-order valence-electron chi connectivity index (χ1n) is 7.86. The van der Waals surface area contributed by atoms with E-state index in [1.165, 1.54) is 0 Å². The highest BCUT2D eigenvalue weighted by Gasteiger charge is 2.18. The lowest BCUT2D eigenvalue weighted by Crippen LogP contribution is -2.31. The Bertz CT molecular complexity index is 664. The van der Waals surface area contributed by atoms with Gasteiger partial charge in [-0.15, -0.1) is 0 Å². The number of anilines is 1. The molecule has 23 heavy (non-hydrogen) atoms. The number of carbonyl (C=O) groups excluding carboxylic acids is 2. The highest BCUT2D eigenvalue weighted by Crippen LogP contribution is 2.17. The molecule has 2 rings (SSSR count). The third-order valence-corrected chi connectivity index (χ3v) is 3.85. The Morgan fingerprint density at radius 2 is 1.74 bits per heavy atom. The summed E-state index contributed by atoms with van der Waals surface area (Å²) < 4.78 is 0. The molecule has 4 nitrogen and oxygen atoms in total. The summed E-state index contributed by atoms with van der Waals surface area (Å²) in [5, 5.41) is 3.28. The lowest BCUT2D eigenvalue weighted by Gasteiger charge is -2.20. The van der Waals surface area contributed by atoms with E-state index in [9.17, 15) is 9.59 Å². The molecule has 0 aliphatic heterocycles. The molecule has 0 saturated carbocycles. The largest absolute Gasteiger partial charge is 0.381 e. The molecule has 2 aromatic rings. The van der Waals surface area contributed by atoms with Crippen molar-refractivity contribution in [2.24, 2.45) is 0 Å². The van der Waals surface area contributed by atoms with Gasteiger partial charge in [0.25, 0.3) is 5.91 Å². The molecule has 0 spiro atoms. The SMILES string of the molecule is CCN(CC)C(=O)c1cccc(CNc2ccccc2)c1C=O. The minimum Gasteiger partial charge on any atom is -0.381 e. The van der Waals surface area contributed by atoms with Gasteiger partial charge in [0, 0.05) is 30.9 Å². The Morgan fingerprint density at radius 3 is 2.35 bits per heavy atom. The summed E-state index contributed by atoms with van der Waals surface area (Å²) in [6.45, 7) is 5.61. The van der Waals surface area contributed by atoms with Gasteiger partial charge in [-0.05, 0) is 37.6 Å². The van der Waals surface area contributed by atoms with Crippen LogP contribution in [0.25, 0.3) is 0 Å². The minimum atomic E-state index is -0.0985. The van der Waals surface area contributed by atoms with Crippen molar-refractivity contribution in [3.05, 3.63) is 65.2 Å². The maximum Gasteiger partial charge on any atom is 0.254 e. The van der Waals surface area contributed by atoms with E-state index in [1.807, 2.05) is 56.3 Å². The van der Waals surface area contributed by atoms with E-state index >= 15 is 0 Å². The van der Waals surface area contributed by atoms with Gasteiger partial charge in [-0.25, -0.2) is 0 Å². The molecule has 0 unspecified atom stereocenters. The fraction of sp³-hybridized carbons (Fsp3) is 0.263. The van der Waals surface area contributed by atoms with Crippen LogP contribution in [0, 0.1) is 0 Å². The molecule has 0 heterocycles. The zero-order valence-corrected chi connectivity index (χ0v) is 13.6. The average molecular weight is 310 g/mol. The van der Waals surface area contributed by atoms with E-state index in [1.54, 1.807) is 11.0 Å². The van der Waals surface area contributed by atoms with Crippen molar-refractivity contribution in [3.63, 3.8) is 0 Å². The summed E-state index contributed by atoms with van der Waals surface area (Å²) in [5.74, 6) is -0.0985. The predicted octanol–water partition coefficient (Wildman–Crippen LogP) is 3.59. The number of para-hydroxylation sites is 1. The van der Waals surface area contributed by atoms with Crippen LogP contribution in [0.15, 0.2) is 48.5 Å². The van der Waals surface area contributed by atoms with E-state index < -0.39 is 0 Å². The van der Waals surface area contributed by atoms with Crippen LogP contribution in [-0.4, -0.2) is 30.2 Å². The van der Waals surface area contributed by atoms with Gasteiger partial charge < -0.3 is 10.2 Å². The van der Waals surface area contributed by atoms with Crippen molar-refractivity contribution in [2.45, 2.75) is 20.4 Å². The van der Waals surface area contributed by atoms with Gasteiger partial charge in [-0.1, -0.05) is 30.3 Å². The second-order valence-electron chi connectivity index (χ2n) is 5.19. The van der Waals surface area contributed by atoms with Crippen molar-refractivity contribution in [2.75, 3.05) is 18.4 Å². The maximum atomic E-state index is 12.6. The van der Waals surface area contributed by atoms with Gasteiger partial charge in [-0.3, -0.25) is 9.59 Å². The molecule has 0 fully saturated rings. The van der Waals surface area contributed by atoms with E-state index in [0.717, 1.165) is 17.5 Å². The number of hydrogen-bond donors (Lipinski definition) is 1. The number of benzene rings is 2. The topological polar surface area (TPSA) is 49.4 Å². The number of hydrogen-bond acceptors (Lipinski definition) is 3. The van der Waals surface area contributed by atoms with Crippen LogP contribution in [0.5, 0.6) is 0 Å². The van der Waals surface area contributed by atoms with Gasteiger partial charge in [0.15, 0.2) is 6.29 Å². The molecule has 0 saturated heterocycles. The van der Waals surface area contributed by atoms with Crippen LogP contribution < -0.4 is 5.32 Å². The smallest absolute Gasteiger partial charge is 0.254 e. The molecule has 0 atom stereocenters. The predicted molar refractivity (Wildman–Crippen MR) is 92.8 cm³/mol. The summed E-state index contributed by atoms with van der Waals surface area (Å²) in [6, 6.07) is 15.2. The summed E-state index contributed by atoms with van der Waals surface area (Å²) in [6.07, 6.45) is 0.777. The molecule has 0 aliphatic rings. The second kappa shape index (κ2) is 8.13. The van der Waals surface area contributed by atoms with Crippen LogP contribution in [0.1, 0.15) is 40.1 Å². The van der Waals surface area contributed by atoms with Gasteiger partial charge in [0.1, 0.15) is 0 Å². The summed E-state index contributed by atoms with van der Waals surface area (Å²) in [7, 11) is 0. The molecule has 0 radical (unpaired) electrons. The second-order valence-corrected chi connectivity index (χ2v) is 5.19. The highest BCUT2D eigenvalue weighted by molar-refractivity contribution is 6.02. The zero-order valence-electron chi connectivity index (χ0n) is 13.6. The molecular weight excluding hydrogens is 288 g/mol. The van der Waals surface area contributed by atoms with Gasteiger partial charge in [-0.2, -0.15) is 0 Å². The molecule has 0 bridgehead atoms.